The maximum atomic E-state index is 13.5. The minimum atomic E-state index is -0.632. The zero-order valence-corrected chi connectivity index (χ0v) is 21.1. The number of nitrogens with zero attached hydrogens (tertiary/aromatic N) is 4. The molecule has 1 aromatic heterocycles. The summed E-state index contributed by atoms with van der Waals surface area (Å²) >= 11 is 0. The number of hydrogen-bond acceptors (Lipinski definition) is 6. The third kappa shape index (κ3) is 5.85. The number of ether oxygens (including phenoxy) is 1. The third-order valence-corrected chi connectivity index (χ3v) is 7.32. The molecule has 1 saturated heterocycles. The lowest BCUT2D eigenvalue weighted by molar-refractivity contribution is 0.0277. The first-order valence-electron chi connectivity index (χ1n) is 13.0. The molecule has 1 N–H and O–H groups in total. The van der Waals surface area contributed by atoms with Crippen molar-refractivity contribution in [2.24, 2.45) is 0 Å². The molecule has 0 radical (unpaired) electrons. The molecule has 35 heavy (non-hydrogen) atoms. The fraction of sp³-hybridized carbons (Fsp3) is 0.571. The molecule has 1 amide bonds. The predicted octanol–water partition coefficient (Wildman–Crippen LogP) is 3.10. The molecule has 0 aliphatic carbocycles. The van der Waals surface area contributed by atoms with Gasteiger partial charge in [-0.05, 0) is 69.5 Å². The Morgan fingerprint density at radius 1 is 1.00 bits per heavy atom. The van der Waals surface area contributed by atoms with E-state index in [1.165, 1.54) is 30.4 Å². The number of hydrogen-bond donors (Lipinski definition) is 1. The van der Waals surface area contributed by atoms with E-state index in [0.717, 1.165) is 44.8 Å². The Bertz CT molecular complexity index is 1050. The van der Waals surface area contributed by atoms with Gasteiger partial charge in [0.25, 0.3) is 5.91 Å². The van der Waals surface area contributed by atoms with E-state index in [2.05, 4.69) is 34.1 Å². The Morgan fingerprint density at radius 3 is 2.57 bits per heavy atom. The highest BCUT2D eigenvalue weighted by Gasteiger charge is 2.36. The van der Waals surface area contributed by atoms with Crippen LogP contribution in [-0.2, 0) is 19.5 Å². The summed E-state index contributed by atoms with van der Waals surface area (Å²) in [7, 11) is 0. The van der Waals surface area contributed by atoms with E-state index in [9.17, 15) is 9.90 Å². The number of aliphatic hydroxyl groups excluding tert-OH is 1. The normalized spacial score (nSPS) is 21.6. The quantitative estimate of drug-likeness (QED) is 0.688. The van der Waals surface area contributed by atoms with Gasteiger partial charge in [-0.25, -0.2) is 4.98 Å². The molecule has 0 saturated carbocycles. The van der Waals surface area contributed by atoms with Crippen LogP contribution < -0.4 is 4.74 Å². The van der Waals surface area contributed by atoms with E-state index in [-0.39, 0.29) is 12.5 Å². The highest BCUT2D eigenvalue weighted by atomic mass is 16.5. The highest BCUT2D eigenvalue weighted by Crippen LogP contribution is 2.29. The van der Waals surface area contributed by atoms with Crippen molar-refractivity contribution in [3.63, 3.8) is 0 Å². The van der Waals surface area contributed by atoms with Crippen molar-refractivity contribution in [2.45, 2.75) is 64.3 Å². The van der Waals surface area contributed by atoms with Crippen molar-refractivity contribution in [3.05, 3.63) is 58.8 Å². The van der Waals surface area contributed by atoms with Crippen molar-refractivity contribution in [3.8, 4) is 5.88 Å². The summed E-state index contributed by atoms with van der Waals surface area (Å²) in [4.78, 5) is 24.7. The van der Waals surface area contributed by atoms with Gasteiger partial charge in [0.05, 0.1) is 18.3 Å². The first kappa shape index (κ1) is 24.2. The summed E-state index contributed by atoms with van der Waals surface area (Å²) in [6, 6.07) is 12.3. The van der Waals surface area contributed by atoms with Crippen LogP contribution in [0.25, 0.3) is 0 Å². The fourth-order valence-electron chi connectivity index (χ4n) is 5.62. The van der Waals surface area contributed by atoms with Gasteiger partial charge in [-0.1, -0.05) is 30.7 Å². The van der Waals surface area contributed by atoms with E-state index in [0.29, 0.717) is 24.5 Å². The summed E-state index contributed by atoms with van der Waals surface area (Å²) < 4.78 is 6.26. The fourth-order valence-corrected chi connectivity index (χ4v) is 5.62. The van der Waals surface area contributed by atoms with Gasteiger partial charge in [0.15, 0.2) is 0 Å². The van der Waals surface area contributed by atoms with Crippen molar-refractivity contribution in [1.82, 2.24) is 19.7 Å². The molecule has 7 heteroatoms. The molecule has 1 aromatic carbocycles. The molecule has 2 aromatic rings. The maximum Gasteiger partial charge on any atom is 0.259 e. The highest BCUT2D eigenvalue weighted by molar-refractivity contribution is 5.96. The second kappa shape index (κ2) is 10.2. The molecule has 7 nitrogen and oxygen atoms in total. The van der Waals surface area contributed by atoms with Crippen molar-refractivity contribution < 1.29 is 14.6 Å². The molecule has 1 fully saturated rings. The molecule has 4 heterocycles. The molecule has 1 atom stereocenters. The predicted molar refractivity (Wildman–Crippen MR) is 135 cm³/mol. The molecule has 0 bridgehead atoms. The van der Waals surface area contributed by atoms with Crippen LogP contribution in [0.4, 0.5) is 0 Å². The van der Waals surface area contributed by atoms with E-state index < -0.39 is 11.7 Å². The summed E-state index contributed by atoms with van der Waals surface area (Å²) in [6.45, 7) is 9.92. The standard InChI is InChI=1S/C28H38N4O3/c1-28(2)20-32(19-24(33)18-31-15-12-21-8-4-5-9-22(21)16-31)27(34)25-11-10-23(29-26(25)35-28)17-30-13-6-3-7-14-30/h4-5,8-11,24,33H,3,6-7,12-20H2,1-2H3. The Balaban J connectivity index is 1.26. The van der Waals surface area contributed by atoms with E-state index in [1.54, 1.807) is 4.90 Å². The van der Waals surface area contributed by atoms with Crippen LogP contribution >= 0.6 is 0 Å². The number of carbonyl (C=O) groups is 1. The Morgan fingerprint density at radius 2 is 1.77 bits per heavy atom. The zero-order valence-electron chi connectivity index (χ0n) is 21.1. The number of rotatable bonds is 6. The molecule has 0 spiro atoms. The minimum Gasteiger partial charge on any atom is -0.469 e. The van der Waals surface area contributed by atoms with Crippen LogP contribution in [0.3, 0.4) is 0 Å². The Hall–Kier alpha value is -2.48. The van der Waals surface area contributed by atoms with Gasteiger partial charge in [0, 0.05) is 32.7 Å². The number of aromatic nitrogens is 1. The van der Waals surface area contributed by atoms with Crippen LogP contribution in [0.5, 0.6) is 5.88 Å². The summed E-state index contributed by atoms with van der Waals surface area (Å²) in [5.41, 5.74) is 3.54. The number of piperidine rings is 1. The van der Waals surface area contributed by atoms with Crippen molar-refractivity contribution in [1.29, 1.82) is 0 Å². The number of fused-ring (bicyclic) bond motifs is 2. The number of β-amino-alcohol motifs (C(OH)–C–C–N with tert-alkyl or cyclic N) is 1. The summed E-state index contributed by atoms with van der Waals surface area (Å²) in [6.07, 6.45) is 4.12. The average Bonchev–Trinajstić information content (AvgIpc) is 2.92. The van der Waals surface area contributed by atoms with Gasteiger partial charge >= 0.3 is 0 Å². The van der Waals surface area contributed by atoms with E-state index in [1.807, 2.05) is 26.0 Å². The lowest BCUT2D eigenvalue weighted by atomic mass is 9.99. The largest absolute Gasteiger partial charge is 0.469 e. The van der Waals surface area contributed by atoms with Crippen LogP contribution in [0.15, 0.2) is 36.4 Å². The van der Waals surface area contributed by atoms with Crippen LogP contribution in [-0.4, -0.2) is 81.7 Å². The minimum absolute atomic E-state index is 0.120. The second-order valence-corrected chi connectivity index (χ2v) is 10.9. The lowest BCUT2D eigenvalue weighted by Gasteiger charge is -2.33. The number of carbonyl (C=O) groups excluding carboxylic acids is 1. The Kier molecular flexibility index (Phi) is 7.09. The smallest absolute Gasteiger partial charge is 0.259 e. The molecule has 3 aliphatic heterocycles. The van der Waals surface area contributed by atoms with Crippen molar-refractivity contribution in [2.75, 3.05) is 39.3 Å². The summed E-state index contributed by atoms with van der Waals surface area (Å²) in [5, 5.41) is 11.0. The van der Waals surface area contributed by atoms with Gasteiger partial charge < -0.3 is 14.7 Å². The van der Waals surface area contributed by atoms with Gasteiger partial charge in [0.1, 0.15) is 11.2 Å². The van der Waals surface area contributed by atoms with Gasteiger partial charge in [-0.15, -0.1) is 0 Å². The molecule has 188 valence electrons. The van der Waals surface area contributed by atoms with Crippen molar-refractivity contribution >= 4 is 5.91 Å². The van der Waals surface area contributed by atoms with Gasteiger partial charge in [-0.3, -0.25) is 14.6 Å². The molecule has 1 unspecified atom stereocenters. The number of aliphatic hydroxyl groups is 1. The SMILES string of the molecule is CC1(C)CN(CC(O)CN2CCc3ccccc3C2)C(=O)c2ccc(CN3CCCCC3)nc2O1. The van der Waals surface area contributed by atoms with E-state index >= 15 is 0 Å². The molecular formula is C28H38N4O3. The molecule has 3 aliphatic rings. The third-order valence-electron chi connectivity index (χ3n) is 7.32. The monoisotopic (exact) mass is 478 g/mol. The summed E-state index contributed by atoms with van der Waals surface area (Å²) in [5.74, 6) is 0.296. The van der Waals surface area contributed by atoms with Gasteiger partial charge in [0.2, 0.25) is 5.88 Å². The average molecular weight is 479 g/mol. The Labute approximate surface area is 208 Å². The van der Waals surface area contributed by atoms with Crippen LogP contribution in [0, 0.1) is 0 Å². The topological polar surface area (TPSA) is 69.1 Å². The van der Waals surface area contributed by atoms with E-state index in [4.69, 9.17) is 9.72 Å². The second-order valence-electron chi connectivity index (χ2n) is 10.9. The first-order valence-corrected chi connectivity index (χ1v) is 13.0. The first-order chi connectivity index (χ1) is 16.9. The zero-order chi connectivity index (χ0) is 24.4. The van der Waals surface area contributed by atoms with Crippen LogP contribution in [0.2, 0.25) is 0 Å². The molecule has 5 rings (SSSR count). The lowest BCUT2D eigenvalue weighted by Crippen LogP contribution is -2.48. The number of pyridine rings is 1. The number of amides is 1. The van der Waals surface area contributed by atoms with Gasteiger partial charge in [-0.2, -0.15) is 0 Å². The molecular weight excluding hydrogens is 440 g/mol. The number of benzene rings is 1. The number of likely N-dealkylation sites (tertiary alicyclic amines) is 1. The van der Waals surface area contributed by atoms with Crippen LogP contribution in [0.1, 0.15) is 60.3 Å². The maximum absolute atomic E-state index is 13.5.